The van der Waals surface area contributed by atoms with Crippen molar-refractivity contribution in [3.05, 3.63) is 28.8 Å². The van der Waals surface area contributed by atoms with E-state index < -0.39 is 10.0 Å². The number of hydrogen-bond donors (Lipinski definition) is 0. The number of rotatable bonds is 3. The van der Waals surface area contributed by atoms with Crippen molar-refractivity contribution >= 4 is 21.6 Å². The van der Waals surface area contributed by atoms with Gasteiger partial charge in [-0.1, -0.05) is 16.1 Å². The Morgan fingerprint density at radius 3 is 2.56 bits per heavy atom. The molecule has 0 heterocycles. The molecule has 0 fully saturated rings. The molecule has 0 unspecified atom stereocenters. The maximum absolute atomic E-state index is 11.8. The summed E-state index contributed by atoms with van der Waals surface area (Å²) in [4.78, 5) is 4.50. The Morgan fingerprint density at radius 1 is 1.50 bits per heavy atom. The molecule has 0 bridgehead atoms. The van der Waals surface area contributed by atoms with Gasteiger partial charge in [0.05, 0.1) is 23.8 Å². The van der Waals surface area contributed by atoms with Crippen molar-refractivity contribution in [2.45, 2.75) is 4.90 Å². The average molecular weight is 261 g/mol. The molecule has 1 aromatic carbocycles. The Labute approximate surface area is 98.8 Å². The second-order valence-electron chi connectivity index (χ2n) is 2.85. The van der Waals surface area contributed by atoms with Crippen LogP contribution in [0.2, 0.25) is 5.02 Å². The number of halogens is 1. The monoisotopic (exact) mass is 260 g/mol. The van der Waals surface area contributed by atoms with Gasteiger partial charge < -0.3 is 0 Å². The van der Waals surface area contributed by atoms with Crippen molar-refractivity contribution in [1.29, 1.82) is 5.26 Å². The molecule has 0 atom stereocenters. The van der Waals surface area contributed by atoms with E-state index in [-0.39, 0.29) is 9.92 Å². The van der Waals surface area contributed by atoms with E-state index in [1.54, 1.807) is 0 Å². The van der Waals surface area contributed by atoms with E-state index in [1.807, 2.05) is 6.07 Å². The summed E-state index contributed by atoms with van der Waals surface area (Å²) in [5.41, 5.74) is 0.295. The Hall–Kier alpha value is -1.13. The molecular weight excluding hydrogens is 252 g/mol. The summed E-state index contributed by atoms with van der Waals surface area (Å²) >= 11 is 5.78. The summed E-state index contributed by atoms with van der Waals surface area (Å²) in [7, 11) is -1.29. The highest BCUT2D eigenvalue weighted by atomic mass is 35.5. The smallest absolute Gasteiger partial charge is 0.266 e. The Balaban J connectivity index is 3.31. The molecule has 0 amide bonds. The number of benzene rings is 1. The number of nitriles is 1. The fourth-order valence-electron chi connectivity index (χ4n) is 1.02. The summed E-state index contributed by atoms with van der Waals surface area (Å²) in [6.07, 6.45) is 0. The number of hydrogen-bond acceptors (Lipinski definition) is 4. The first-order valence-electron chi connectivity index (χ1n) is 4.16. The van der Waals surface area contributed by atoms with Gasteiger partial charge in [-0.3, -0.25) is 4.84 Å². The van der Waals surface area contributed by atoms with Crippen LogP contribution in [-0.2, 0) is 14.9 Å². The lowest BCUT2D eigenvalue weighted by Crippen LogP contribution is -2.26. The fourth-order valence-corrected chi connectivity index (χ4v) is 2.51. The second-order valence-corrected chi connectivity index (χ2v) is 5.17. The molecule has 1 rings (SSSR count). The zero-order valence-electron chi connectivity index (χ0n) is 8.64. The van der Waals surface area contributed by atoms with Gasteiger partial charge in [-0.2, -0.15) is 5.26 Å². The number of nitrogens with zero attached hydrogens (tertiary/aromatic N) is 2. The predicted octanol–water partition coefficient (Wildman–Crippen LogP) is 1.39. The van der Waals surface area contributed by atoms with E-state index in [0.29, 0.717) is 10.0 Å². The Kier molecular flexibility index (Phi) is 3.88. The van der Waals surface area contributed by atoms with Crippen molar-refractivity contribution in [3.8, 4) is 6.07 Å². The predicted molar refractivity (Wildman–Crippen MR) is 58.1 cm³/mol. The van der Waals surface area contributed by atoms with Crippen LogP contribution in [0, 0.1) is 11.3 Å². The molecule has 0 radical (unpaired) electrons. The minimum Gasteiger partial charge on any atom is -0.288 e. The molecular formula is C9H9ClN2O3S. The van der Waals surface area contributed by atoms with E-state index in [0.717, 1.165) is 0 Å². The molecule has 5 nitrogen and oxygen atoms in total. The largest absolute Gasteiger partial charge is 0.288 e. The van der Waals surface area contributed by atoms with Crippen LogP contribution in [0.25, 0.3) is 0 Å². The molecule has 1 aromatic rings. The van der Waals surface area contributed by atoms with Gasteiger partial charge in [0.1, 0.15) is 4.90 Å². The lowest BCUT2D eigenvalue weighted by molar-refractivity contribution is -0.0258. The minimum absolute atomic E-state index is 0.0112. The average Bonchev–Trinajstić information content (AvgIpc) is 2.27. The highest BCUT2D eigenvalue weighted by Crippen LogP contribution is 2.24. The third-order valence-electron chi connectivity index (χ3n) is 1.93. The van der Waals surface area contributed by atoms with E-state index in [9.17, 15) is 8.42 Å². The van der Waals surface area contributed by atoms with Gasteiger partial charge in [0.2, 0.25) is 0 Å². The Morgan fingerprint density at radius 2 is 2.12 bits per heavy atom. The Bertz CT molecular complexity index is 536. The van der Waals surface area contributed by atoms with Gasteiger partial charge >= 0.3 is 0 Å². The van der Waals surface area contributed by atoms with Crippen molar-refractivity contribution < 1.29 is 13.3 Å². The number of hydroxylamine groups is 1. The molecule has 0 aliphatic heterocycles. The summed E-state index contributed by atoms with van der Waals surface area (Å²) in [5.74, 6) is 0. The van der Waals surface area contributed by atoms with Crippen molar-refractivity contribution in [2.24, 2.45) is 0 Å². The van der Waals surface area contributed by atoms with Crippen LogP contribution in [0.1, 0.15) is 5.56 Å². The maximum Gasteiger partial charge on any atom is 0.266 e. The van der Waals surface area contributed by atoms with Crippen LogP contribution < -0.4 is 0 Å². The van der Waals surface area contributed by atoms with Gasteiger partial charge in [-0.25, -0.2) is 8.42 Å². The zero-order valence-corrected chi connectivity index (χ0v) is 10.2. The molecule has 0 aromatic heterocycles. The second kappa shape index (κ2) is 4.80. The third kappa shape index (κ3) is 2.33. The molecule has 16 heavy (non-hydrogen) atoms. The van der Waals surface area contributed by atoms with Crippen LogP contribution in [0.4, 0.5) is 0 Å². The van der Waals surface area contributed by atoms with Gasteiger partial charge in [-0.05, 0) is 18.2 Å². The van der Waals surface area contributed by atoms with E-state index >= 15 is 0 Å². The fraction of sp³-hybridized carbons (Fsp3) is 0.222. The maximum atomic E-state index is 11.8. The van der Waals surface area contributed by atoms with Crippen molar-refractivity contribution in [2.75, 3.05) is 14.2 Å². The molecule has 0 aliphatic rings. The standard InChI is InChI=1S/C9H9ClN2O3S/c1-12(15-2)16(13,14)9-4-3-7(6-11)5-8(9)10/h3-5H,1-2H3. The molecule has 7 heteroatoms. The first kappa shape index (κ1) is 12.9. The van der Waals surface area contributed by atoms with Crippen molar-refractivity contribution in [1.82, 2.24) is 4.47 Å². The third-order valence-corrected chi connectivity index (χ3v) is 4.10. The van der Waals surface area contributed by atoms with Crippen LogP contribution in [0.5, 0.6) is 0 Å². The van der Waals surface area contributed by atoms with Gasteiger partial charge in [-0.15, -0.1) is 0 Å². The van der Waals surface area contributed by atoms with Crippen LogP contribution in [0.3, 0.4) is 0 Å². The molecule has 0 saturated carbocycles. The van der Waals surface area contributed by atoms with Crippen LogP contribution in [0.15, 0.2) is 23.1 Å². The molecule has 86 valence electrons. The lowest BCUT2D eigenvalue weighted by atomic mass is 10.2. The quantitative estimate of drug-likeness (QED) is 0.770. The zero-order chi connectivity index (χ0) is 12.3. The first-order valence-corrected chi connectivity index (χ1v) is 5.98. The summed E-state index contributed by atoms with van der Waals surface area (Å²) in [6.45, 7) is 0. The molecule has 0 aliphatic carbocycles. The normalized spacial score (nSPS) is 11.4. The van der Waals surface area contributed by atoms with Gasteiger partial charge in [0.15, 0.2) is 0 Å². The highest BCUT2D eigenvalue weighted by Gasteiger charge is 2.23. The highest BCUT2D eigenvalue weighted by molar-refractivity contribution is 7.89. The van der Waals surface area contributed by atoms with Crippen LogP contribution >= 0.6 is 11.6 Å². The minimum atomic E-state index is -3.77. The number of sulfonamides is 1. The molecule has 0 N–H and O–H groups in total. The van der Waals surface area contributed by atoms with E-state index in [1.165, 1.54) is 32.4 Å². The van der Waals surface area contributed by atoms with E-state index in [4.69, 9.17) is 16.9 Å². The summed E-state index contributed by atoms with van der Waals surface area (Å²) in [6, 6.07) is 5.80. The SMILES string of the molecule is CON(C)S(=O)(=O)c1ccc(C#N)cc1Cl. The van der Waals surface area contributed by atoms with E-state index in [2.05, 4.69) is 4.84 Å². The topological polar surface area (TPSA) is 70.4 Å². The van der Waals surface area contributed by atoms with Gasteiger partial charge in [0, 0.05) is 7.05 Å². The molecule has 0 saturated heterocycles. The lowest BCUT2D eigenvalue weighted by Gasteiger charge is -2.14. The first-order chi connectivity index (χ1) is 7.43. The van der Waals surface area contributed by atoms with Crippen LogP contribution in [-0.4, -0.2) is 27.0 Å². The van der Waals surface area contributed by atoms with Gasteiger partial charge in [0.25, 0.3) is 10.0 Å². The summed E-state index contributed by atoms with van der Waals surface area (Å²) in [5, 5.41) is 8.61. The molecule has 0 spiro atoms. The van der Waals surface area contributed by atoms with Crippen molar-refractivity contribution in [3.63, 3.8) is 0 Å². The summed E-state index contributed by atoms with van der Waals surface area (Å²) < 4.78 is 24.3.